The monoisotopic (exact) mass is 338 g/mol. The highest BCUT2D eigenvalue weighted by molar-refractivity contribution is 6.30. The molecule has 0 fully saturated rings. The Bertz CT molecular complexity index is 798. The third-order valence-corrected chi connectivity index (χ3v) is 4.88. The Morgan fingerprint density at radius 3 is 2.58 bits per heavy atom. The minimum atomic E-state index is 0.400. The first kappa shape index (κ1) is 15.4. The lowest BCUT2D eigenvalue weighted by molar-refractivity contribution is 0.142. The molecule has 0 radical (unpaired) electrons. The van der Waals surface area contributed by atoms with Crippen LogP contribution in [0.1, 0.15) is 16.7 Å². The topological polar surface area (TPSA) is 34.0 Å². The number of hydrogen-bond donors (Lipinski definition) is 0. The number of hydrogen-bond acceptors (Lipinski definition) is 3. The Morgan fingerprint density at radius 1 is 1.04 bits per heavy atom. The number of fused-ring (bicyclic) bond motifs is 1. The van der Waals surface area contributed by atoms with E-state index in [2.05, 4.69) is 51.4 Å². The molecule has 2 heterocycles. The summed E-state index contributed by atoms with van der Waals surface area (Å²) >= 11 is 6.01. The van der Waals surface area contributed by atoms with Crippen molar-refractivity contribution in [3.05, 3.63) is 82.9 Å². The van der Waals surface area contributed by atoms with Gasteiger partial charge < -0.3 is 0 Å². The highest BCUT2D eigenvalue weighted by Gasteiger charge is 2.26. The minimum Gasteiger partial charge on any atom is -0.290 e. The molecule has 0 bridgehead atoms. The summed E-state index contributed by atoms with van der Waals surface area (Å²) in [5, 5.41) is 5.06. The van der Waals surface area contributed by atoms with Crippen LogP contribution in [0.15, 0.2) is 61.2 Å². The van der Waals surface area contributed by atoms with E-state index in [1.54, 1.807) is 12.7 Å². The molecule has 1 aliphatic heterocycles. The zero-order valence-corrected chi connectivity index (χ0v) is 14.1. The lowest BCUT2D eigenvalue weighted by Crippen LogP contribution is -2.42. The van der Waals surface area contributed by atoms with Gasteiger partial charge in [0.2, 0.25) is 0 Å². The predicted octanol–water partition coefficient (Wildman–Crippen LogP) is 3.56. The van der Waals surface area contributed by atoms with Crippen LogP contribution in [0.4, 0.5) is 0 Å². The van der Waals surface area contributed by atoms with Gasteiger partial charge in [0.25, 0.3) is 0 Å². The number of rotatable bonds is 4. The van der Waals surface area contributed by atoms with E-state index >= 15 is 0 Å². The predicted molar refractivity (Wildman–Crippen MR) is 94.7 cm³/mol. The molecule has 1 atom stereocenters. The van der Waals surface area contributed by atoms with Crippen molar-refractivity contribution in [1.29, 1.82) is 0 Å². The fourth-order valence-electron chi connectivity index (χ4n) is 3.37. The molecule has 122 valence electrons. The molecule has 5 heteroatoms. The van der Waals surface area contributed by atoms with Crippen LogP contribution in [0.3, 0.4) is 0 Å². The Labute approximate surface area is 146 Å². The van der Waals surface area contributed by atoms with Crippen LogP contribution in [0, 0.1) is 0 Å². The zero-order chi connectivity index (χ0) is 16.4. The van der Waals surface area contributed by atoms with Crippen LogP contribution >= 0.6 is 11.6 Å². The van der Waals surface area contributed by atoms with Gasteiger partial charge >= 0.3 is 0 Å². The molecule has 0 saturated carbocycles. The lowest BCUT2D eigenvalue weighted by Gasteiger charge is -2.37. The van der Waals surface area contributed by atoms with Crippen LogP contribution in [-0.4, -0.2) is 25.7 Å². The molecule has 1 aliphatic rings. The number of nitrogens with zero attached hydrogens (tertiary/aromatic N) is 4. The molecule has 3 aromatic rings. The van der Waals surface area contributed by atoms with E-state index in [9.17, 15) is 0 Å². The first-order chi connectivity index (χ1) is 11.8. The smallest absolute Gasteiger partial charge is 0.137 e. The van der Waals surface area contributed by atoms with Gasteiger partial charge in [-0.1, -0.05) is 48.0 Å². The Balaban J connectivity index is 1.59. The van der Waals surface area contributed by atoms with E-state index in [1.165, 1.54) is 16.7 Å². The van der Waals surface area contributed by atoms with Gasteiger partial charge in [0.15, 0.2) is 0 Å². The Kier molecular flexibility index (Phi) is 4.32. The van der Waals surface area contributed by atoms with Gasteiger partial charge in [-0.2, -0.15) is 5.10 Å². The second-order valence-corrected chi connectivity index (χ2v) is 6.71. The highest BCUT2D eigenvalue weighted by atomic mass is 35.5. The number of halogens is 1. The highest BCUT2D eigenvalue weighted by Crippen LogP contribution is 2.26. The summed E-state index contributed by atoms with van der Waals surface area (Å²) in [6.45, 7) is 2.71. The summed E-state index contributed by atoms with van der Waals surface area (Å²) in [4.78, 5) is 6.59. The van der Waals surface area contributed by atoms with Crippen LogP contribution in [-0.2, 0) is 26.1 Å². The molecule has 0 amide bonds. The number of benzene rings is 2. The summed E-state index contributed by atoms with van der Waals surface area (Å²) in [6.07, 6.45) is 4.42. The zero-order valence-electron chi connectivity index (χ0n) is 13.3. The molecule has 0 aliphatic carbocycles. The van der Waals surface area contributed by atoms with Crippen LogP contribution in [0.2, 0.25) is 5.02 Å². The molecule has 4 nitrogen and oxygen atoms in total. The third kappa shape index (κ3) is 3.35. The number of aromatic nitrogens is 3. The summed E-state index contributed by atoms with van der Waals surface area (Å²) < 4.78 is 1.92. The maximum Gasteiger partial charge on any atom is 0.137 e. The van der Waals surface area contributed by atoms with Crippen molar-refractivity contribution in [3.63, 3.8) is 0 Å². The average Bonchev–Trinajstić information content (AvgIpc) is 3.10. The maximum absolute atomic E-state index is 6.01. The van der Waals surface area contributed by atoms with Gasteiger partial charge in [-0.25, -0.2) is 4.98 Å². The van der Waals surface area contributed by atoms with Crippen molar-refractivity contribution in [1.82, 2.24) is 19.7 Å². The lowest BCUT2D eigenvalue weighted by atomic mass is 9.93. The molecule has 1 unspecified atom stereocenters. The van der Waals surface area contributed by atoms with Crippen LogP contribution < -0.4 is 0 Å². The second-order valence-electron chi connectivity index (χ2n) is 6.28. The van der Waals surface area contributed by atoms with Gasteiger partial charge in [0.1, 0.15) is 12.7 Å². The largest absolute Gasteiger partial charge is 0.290 e. The molecule has 0 saturated heterocycles. The maximum atomic E-state index is 6.01. The third-order valence-electron chi connectivity index (χ3n) is 4.63. The molecular weight excluding hydrogens is 320 g/mol. The van der Waals surface area contributed by atoms with Crippen molar-refractivity contribution in [2.24, 2.45) is 0 Å². The van der Waals surface area contributed by atoms with Gasteiger partial charge in [-0.05, 0) is 35.2 Å². The van der Waals surface area contributed by atoms with Gasteiger partial charge in [0.05, 0.1) is 6.54 Å². The van der Waals surface area contributed by atoms with E-state index in [0.717, 1.165) is 31.1 Å². The Hall–Kier alpha value is -2.17. The SMILES string of the molecule is Clc1ccc(CN2Cc3ccccc3CC2Cn2cncn2)cc1. The fourth-order valence-corrected chi connectivity index (χ4v) is 3.50. The first-order valence-electron chi connectivity index (χ1n) is 8.15. The fraction of sp³-hybridized carbons (Fsp3) is 0.263. The summed E-state index contributed by atoms with van der Waals surface area (Å²) in [5.41, 5.74) is 4.14. The van der Waals surface area contributed by atoms with E-state index in [-0.39, 0.29) is 0 Å². The minimum absolute atomic E-state index is 0.400. The van der Waals surface area contributed by atoms with E-state index in [0.29, 0.717) is 6.04 Å². The summed E-state index contributed by atoms with van der Waals surface area (Å²) in [7, 11) is 0. The van der Waals surface area contributed by atoms with Gasteiger partial charge in [0, 0.05) is 24.2 Å². The van der Waals surface area contributed by atoms with Crippen LogP contribution in [0.25, 0.3) is 0 Å². The molecule has 2 aromatic carbocycles. The van der Waals surface area contributed by atoms with E-state index in [1.807, 2.05) is 16.8 Å². The quantitative estimate of drug-likeness (QED) is 0.729. The van der Waals surface area contributed by atoms with Crippen LogP contribution in [0.5, 0.6) is 0 Å². The summed E-state index contributed by atoms with van der Waals surface area (Å²) in [5.74, 6) is 0. The van der Waals surface area contributed by atoms with Crippen molar-refractivity contribution in [2.75, 3.05) is 0 Å². The normalized spacial score (nSPS) is 17.6. The molecular formula is C19H19ClN4. The van der Waals surface area contributed by atoms with Crippen molar-refractivity contribution in [3.8, 4) is 0 Å². The van der Waals surface area contributed by atoms with E-state index < -0.39 is 0 Å². The average molecular weight is 339 g/mol. The molecule has 24 heavy (non-hydrogen) atoms. The Morgan fingerprint density at radius 2 is 1.83 bits per heavy atom. The van der Waals surface area contributed by atoms with Gasteiger partial charge in [-0.15, -0.1) is 0 Å². The second kappa shape index (κ2) is 6.75. The molecule has 4 rings (SSSR count). The molecule has 0 N–H and O–H groups in total. The standard InChI is InChI=1S/C19H19ClN4/c20-18-7-5-15(6-8-18)10-23-11-17-4-2-1-3-16(17)9-19(23)12-24-14-21-13-22-24/h1-8,13-14,19H,9-12H2. The molecule has 0 spiro atoms. The van der Waals surface area contributed by atoms with Gasteiger partial charge in [-0.3, -0.25) is 9.58 Å². The first-order valence-corrected chi connectivity index (χ1v) is 8.53. The molecule has 1 aromatic heterocycles. The summed E-state index contributed by atoms with van der Waals surface area (Å²) in [6, 6.07) is 17.3. The van der Waals surface area contributed by atoms with Crippen molar-refractivity contribution in [2.45, 2.75) is 32.1 Å². The van der Waals surface area contributed by atoms with Crippen molar-refractivity contribution >= 4 is 11.6 Å². The van der Waals surface area contributed by atoms with Crippen molar-refractivity contribution < 1.29 is 0 Å². The van der Waals surface area contributed by atoms with E-state index in [4.69, 9.17) is 11.6 Å².